The summed E-state index contributed by atoms with van der Waals surface area (Å²) in [4.78, 5) is 22.7. The van der Waals surface area contributed by atoms with Gasteiger partial charge in [0.2, 0.25) is 0 Å². The van der Waals surface area contributed by atoms with Gasteiger partial charge in [-0.3, -0.25) is 15.1 Å². The van der Waals surface area contributed by atoms with Gasteiger partial charge in [0.05, 0.1) is 13.7 Å². The number of amides is 1. The first-order valence-corrected chi connectivity index (χ1v) is 10.6. The molecule has 176 valence electrons. The van der Waals surface area contributed by atoms with Crippen molar-refractivity contribution in [2.24, 2.45) is 16.6 Å². The summed E-state index contributed by atoms with van der Waals surface area (Å²) in [6, 6.07) is 8.89. The quantitative estimate of drug-likeness (QED) is 0.435. The van der Waals surface area contributed by atoms with Crippen LogP contribution in [0.4, 0.5) is 14.6 Å². The van der Waals surface area contributed by atoms with Crippen LogP contribution in [0.2, 0.25) is 0 Å². The maximum atomic E-state index is 12.9. The average molecular weight is 459 g/mol. The van der Waals surface area contributed by atoms with Crippen LogP contribution >= 0.6 is 0 Å². The number of nitrogens with one attached hydrogen (secondary N) is 2. The van der Waals surface area contributed by atoms with Crippen LogP contribution < -0.4 is 20.7 Å². The SMILES string of the molecule is CCC1CC1(F)F.CNCc1cc(OC)cc2c1CN(c1cccc(C(N)=NC=N)n1)C2=O. The van der Waals surface area contributed by atoms with Gasteiger partial charge in [-0.15, -0.1) is 0 Å². The van der Waals surface area contributed by atoms with Gasteiger partial charge in [-0.25, -0.2) is 18.8 Å². The number of nitrogens with zero attached hydrogens (tertiary/aromatic N) is 3. The van der Waals surface area contributed by atoms with Crippen molar-refractivity contribution in [3.8, 4) is 5.75 Å². The number of fused-ring (bicyclic) bond motifs is 1. The lowest BCUT2D eigenvalue weighted by Crippen LogP contribution is -2.25. The molecule has 1 aromatic heterocycles. The van der Waals surface area contributed by atoms with E-state index in [0.717, 1.165) is 17.5 Å². The predicted molar refractivity (Wildman–Crippen MR) is 123 cm³/mol. The molecular weight excluding hydrogens is 430 g/mol. The van der Waals surface area contributed by atoms with Gasteiger partial charge >= 0.3 is 0 Å². The highest BCUT2D eigenvalue weighted by atomic mass is 19.3. The van der Waals surface area contributed by atoms with Gasteiger partial charge in [-0.05, 0) is 48.9 Å². The molecule has 0 spiro atoms. The van der Waals surface area contributed by atoms with E-state index < -0.39 is 5.92 Å². The first-order chi connectivity index (χ1) is 15.7. The predicted octanol–water partition coefficient (Wildman–Crippen LogP) is 3.33. The van der Waals surface area contributed by atoms with E-state index in [2.05, 4.69) is 15.3 Å². The zero-order valence-corrected chi connectivity index (χ0v) is 18.9. The molecule has 0 saturated heterocycles. The van der Waals surface area contributed by atoms with Crippen LogP contribution in [0.3, 0.4) is 0 Å². The molecule has 4 rings (SSSR count). The molecule has 1 unspecified atom stereocenters. The number of pyridine rings is 1. The number of ether oxygens (including phenoxy) is 1. The van der Waals surface area contributed by atoms with Crippen LogP contribution in [0, 0.1) is 11.3 Å². The summed E-state index contributed by atoms with van der Waals surface area (Å²) < 4.78 is 28.9. The Balaban J connectivity index is 0.000000374. The fourth-order valence-electron chi connectivity index (χ4n) is 3.67. The number of aromatic nitrogens is 1. The summed E-state index contributed by atoms with van der Waals surface area (Å²) in [7, 11) is 3.44. The van der Waals surface area contributed by atoms with Gasteiger partial charge in [0.1, 0.15) is 23.6 Å². The van der Waals surface area contributed by atoms with Crippen molar-refractivity contribution in [1.29, 1.82) is 5.41 Å². The molecule has 1 fully saturated rings. The van der Waals surface area contributed by atoms with Gasteiger partial charge in [0, 0.05) is 24.4 Å². The number of amidine groups is 1. The van der Waals surface area contributed by atoms with E-state index in [0.29, 0.717) is 42.3 Å². The van der Waals surface area contributed by atoms with E-state index in [1.54, 1.807) is 43.2 Å². The molecule has 4 N–H and O–H groups in total. The number of hydrogen-bond donors (Lipinski definition) is 3. The average Bonchev–Trinajstić information content (AvgIpc) is 3.31. The number of halogens is 2. The Hall–Kier alpha value is -3.40. The molecule has 1 amide bonds. The molecule has 1 saturated carbocycles. The van der Waals surface area contributed by atoms with E-state index in [9.17, 15) is 13.6 Å². The molecule has 2 aliphatic rings. The van der Waals surface area contributed by atoms with Gasteiger partial charge in [0.15, 0.2) is 5.84 Å². The molecule has 1 atom stereocenters. The third-order valence-corrected chi connectivity index (χ3v) is 5.64. The van der Waals surface area contributed by atoms with Crippen molar-refractivity contribution in [1.82, 2.24) is 10.3 Å². The van der Waals surface area contributed by atoms with Crippen LogP contribution in [0.25, 0.3) is 0 Å². The molecule has 0 radical (unpaired) electrons. The molecule has 1 aliphatic heterocycles. The van der Waals surface area contributed by atoms with Crippen molar-refractivity contribution < 1.29 is 18.3 Å². The third kappa shape index (κ3) is 5.33. The molecule has 0 bridgehead atoms. The molecule has 10 heteroatoms. The number of rotatable bonds is 7. The van der Waals surface area contributed by atoms with E-state index in [1.807, 2.05) is 13.1 Å². The number of benzene rings is 1. The second-order valence-corrected chi connectivity index (χ2v) is 7.83. The number of nitrogens with two attached hydrogens (primary N) is 1. The van der Waals surface area contributed by atoms with Crippen molar-refractivity contribution in [3.63, 3.8) is 0 Å². The van der Waals surface area contributed by atoms with E-state index >= 15 is 0 Å². The topological polar surface area (TPSA) is 117 Å². The normalized spacial score (nSPS) is 18.3. The lowest BCUT2D eigenvalue weighted by Gasteiger charge is -2.15. The third-order valence-electron chi connectivity index (χ3n) is 5.64. The van der Waals surface area contributed by atoms with Gasteiger partial charge in [-0.2, -0.15) is 0 Å². The Bertz CT molecular complexity index is 1070. The molecule has 1 aromatic carbocycles. The molecule has 8 nitrogen and oxygen atoms in total. The zero-order valence-electron chi connectivity index (χ0n) is 18.9. The number of anilines is 1. The monoisotopic (exact) mass is 458 g/mol. The summed E-state index contributed by atoms with van der Waals surface area (Å²) in [5, 5.41) is 10.1. The first-order valence-electron chi connectivity index (χ1n) is 10.6. The summed E-state index contributed by atoms with van der Waals surface area (Å²) in [5.74, 6) is -1.44. The van der Waals surface area contributed by atoms with E-state index in [1.165, 1.54) is 0 Å². The number of carbonyl (C=O) groups excluding carboxylic acids is 1. The fraction of sp³-hybridized carbons (Fsp3) is 0.391. The standard InChI is InChI=1S/C18H20N6O2.C5H8F2/c1-21-8-11-6-12(26-2)7-13-14(11)9-24(18(13)25)16-5-3-4-15(23-16)17(20)22-10-19;1-2-4-3-5(4,6)7/h3-7,10,21H,8-9H2,1-2H3,(H3,19,20,22);4H,2-3H2,1H3. The summed E-state index contributed by atoms with van der Waals surface area (Å²) in [6.07, 6.45) is 1.62. The van der Waals surface area contributed by atoms with Crippen molar-refractivity contribution >= 4 is 23.9 Å². The second-order valence-electron chi connectivity index (χ2n) is 7.83. The summed E-state index contributed by atoms with van der Waals surface area (Å²) in [6.45, 7) is 2.85. The molecule has 2 aromatic rings. The van der Waals surface area contributed by atoms with Crippen molar-refractivity contribution in [2.75, 3.05) is 19.1 Å². The Labute approximate surface area is 191 Å². The number of carbonyl (C=O) groups is 1. The minimum absolute atomic E-state index is 0.128. The number of hydrogen-bond acceptors (Lipinski definition) is 5. The molecule has 1 aliphatic carbocycles. The maximum absolute atomic E-state index is 12.9. The number of methoxy groups -OCH3 is 1. The maximum Gasteiger partial charge on any atom is 0.260 e. The Kier molecular flexibility index (Phi) is 7.37. The largest absolute Gasteiger partial charge is 0.497 e. The van der Waals surface area contributed by atoms with Crippen molar-refractivity contribution in [3.05, 3.63) is 52.7 Å². The minimum Gasteiger partial charge on any atom is -0.497 e. The lowest BCUT2D eigenvalue weighted by atomic mass is 10.0. The molecule has 33 heavy (non-hydrogen) atoms. The van der Waals surface area contributed by atoms with Gasteiger partial charge in [0.25, 0.3) is 11.8 Å². The highest BCUT2D eigenvalue weighted by molar-refractivity contribution is 6.10. The summed E-state index contributed by atoms with van der Waals surface area (Å²) >= 11 is 0. The van der Waals surface area contributed by atoms with Crippen LogP contribution in [0.15, 0.2) is 35.3 Å². The molecule has 2 heterocycles. The Morgan fingerprint density at radius 3 is 2.73 bits per heavy atom. The van der Waals surface area contributed by atoms with Crippen LogP contribution in [0.1, 0.15) is 46.9 Å². The highest BCUT2D eigenvalue weighted by Crippen LogP contribution is 2.50. The van der Waals surface area contributed by atoms with Gasteiger partial charge < -0.3 is 15.8 Å². The highest BCUT2D eigenvalue weighted by Gasteiger charge is 2.55. The fourth-order valence-corrected chi connectivity index (χ4v) is 3.67. The Morgan fingerprint density at radius 2 is 2.18 bits per heavy atom. The van der Waals surface area contributed by atoms with E-state index in [4.69, 9.17) is 15.9 Å². The minimum atomic E-state index is -2.28. The lowest BCUT2D eigenvalue weighted by molar-refractivity contribution is 0.0978. The Morgan fingerprint density at radius 1 is 1.45 bits per heavy atom. The second kappa shape index (κ2) is 10.0. The first kappa shape index (κ1) is 24.2. The zero-order chi connectivity index (χ0) is 24.2. The van der Waals surface area contributed by atoms with E-state index in [-0.39, 0.29) is 24.1 Å². The van der Waals surface area contributed by atoms with Crippen LogP contribution in [-0.4, -0.2) is 43.1 Å². The van der Waals surface area contributed by atoms with Crippen LogP contribution in [0.5, 0.6) is 5.75 Å². The number of aliphatic imine (C=N–C) groups is 1. The van der Waals surface area contributed by atoms with Gasteiger partial charge in [-0.1, -0.05) is 13.0 Å². The van der Waals surface area contributed by atoms with Crippen LogP contribution in [-0.2, 0) is 13.1 Å². The smallest absolute Gasteiger partial charge is 0.260 e. The number of alkyl halides is 2. The summed E-state index contributed by atoms with van der Waals surface area (Å²) in [5.41, 5.74) is 8.80. The van der Waals surface area contributed by atoms with Crippen molar-refractivity contribution in [2.45, 2.75) is 38.8 Å². The molecular formula is C23H28F2N6O2.